The van der Waals surface area contributed by atoms with Crippen LogP contribution in [0.5, 0.6) is 0 Å². The highest BCUT2D eigenvalue weighted by Gasteiger charge is 2.30. The number of aromatic nitrogens is 2. The maximum absolute atomic E-state index is 13.1. The minimum atomic E-state index is -0.306. The molecule has 0 unspecified atom stereocenters. The van der Waals surface area contributed by atoms with E-state index < -0.39 is 0 Å². The van der Waals surface area contributed by atoms with Crippen LogP contribution in [0.3, 0.4) is 0 Å². The molecule has 1 saturated carbocycles. The van der Waals surface area contributed by atoms with E-state index in [1.165, 1.54) is 23.5 Å². The molecule has 1 fully saturated rings. The molecule has 0 bridgehead atoms. The van der Waals surface area contributed by atoms with Gasteiger partial charge in [0.2, 0.25) is 5.91 Å². The van der Waals surface area contributed by atoms with Crippen LogP contribution < -0.4 is 10.6 Å². The Morgan fingerprint density at radius 1 is 1.03 bits per heavy atom. The van der Waals surface area contributed by atoms with E-state index in [2.05, 4.69) is 26.7 Å². The lowest BCUT2D eigenvalue weighted by Gasteiger charge is -2.06. The van der Waals surface area contributed by atoms with Crippen molar-refractivity contribution in [3.63, 3.8) is 0 Å². The van der Waals surface area contributed by atoms with Crippen molar-refractivity contribution in [3.8, 4) is 11.1 Å². The molecule has 0 aliphatic heterocycles. The number of H-pyrrole nitrogens is 1. The van der Waals surface area contributed by atoms with Gasteiger partial charge in [-0.25, -0.2) is 9.37 Å². The van der Waals surface area contributed by atoms with Crippen molar-refractivity contribution in [2.75, 3.05) is 5.32 Å². The third-order valence-corrected chi connectivity index (χ3v) is 7.13. The van der Waals surface area contributed by atoms with E-state index in [1.807, 2.05) is 30.3 Å². The summed E-state index contributed by atoms with van der Waals surface area (Å²) in [6.45, 7) is 0.313. The fourth-order valence-corrected chi connectivity index (χ4v) is 4.99. The summed E-state index contributed by atoms with van der Waals surface area (Å²) in [7, 11) is 0. The molecular weight excluding hydrogens is 463 g/mol. The fourth-order valence-electron chi connectivity index (χ4n) is 4.08. The van der Waals surface area contributed by atoms with Gasteiger partial charge in [-0.15, -0.1) is 0 Å². The number of nitrogens with one attached hydrogen (secondary N) is 3. The van der Waals surface area contributed by atoms with E-state index in [9.17, 15) is 14.0 Å². The first kappa shape index (κ1) is 21.5. The second-order valence-corrected chi connectivity index (χ2v) is 9.77. The quantitative estimate of drug-likeness (QED) is 0.282. The minimum Gasteiger partial charge on any atom is -0.360 e. The van der Waals surface area contributed by atoms with E-state index in [4.69, 9.17) is 0 Å². The third-order valence-electron chi connectivity index (χ3n) is 6.19. The highest BCUT2D eigenvalue weighted by molar-refractivity contribution is 7.22. The number of hydrogen-bond acceptors (Lipinski definition) is 4. The number of amides is 2. The number of hydrogen-bond donors (Lipinski definition) is 3. The first-order valence-corrected chi connectivity index (χ1v) is 12.2. The second-order valence-electron chi connectivity index (χ2n) is 8.74. The summed E-state index contributed by atoms with van der Waals surface area (Å²) < 4.78 is 14.1. The zero-order valence-electron chi connectivity index (χ0n) is 18.6. The van der Waals surface area contributed by atoms with Crippen molar-refractivity contribution < 1.29 is 14.0 Å². The molecule has 1 aliphatic rings. The van der Waals surface area contributed by atoms with Crippen molar-refractivity contribution in [2.45, 2.75) is 19.4 Å². The lowest BCUT2D eigenvalue weighted by molar-refractivity contribution is -0.117. The Hall–Kier alpha value is -4.04. The normalized spacial score (nSPS) is 13.3. The molecule has 174 valence electrons. The fraction of sp³-hybridized carbons (Fsp3) is 0.148. The smallest absolute Gasteiger partial charge is 0.253 e. The van der Waals surface area contributed by atoms with Gasteiger partial charge in [-0.3, -0.25) is 9.59 Å². The average molecular weight is 485 g/mol. The number of anilines is 1. The Morgan fingerprint density at radius 2 is 1.80 bits per heavy atom. The predicted octanol–water partition coefficient (Wildman–Crippen LogP) is 5.86. The summed E-state index contributed by atoms with van der Waals surface area (Å²) in [5.41, 5.74) is 5.06. The van der Waals surface area contributed by atoms with Crippen LogP contribution in [0.1, 0.15) is 28.8 Å². The Kier molecular flexibility index (Phi) is 5.30. The zero-order valence-corrected chi connectivity index (χ0v) is 19.4. The summed E-state index contributed by atoms with van der Waals surface area (Å²) >= 11 is 1.46. The van der Waals surface area contributed by atoms with Gasteiger partial charge in [0.05, 0.1) is 15.8 Å². The first-order chi connectivity index (χ1) is 17.0. The molecule has 8 heteroatoms. The van der Waals surface area contributed by atoms with Crippen LogP contribution in [0.25, 0.3) is 32.2 Å². The Bertz CT molecular complexity index is 1580. The van der Waals surface area contributed by atoms with Crippen molar-refractivity contribution in [2.24, 2.45) is 5.92 Å². The number of thiazole rings is 1. The molecule has 5 aromatic rings. The lowest BCUT2D eigenvalue weighted by Crippen LogP contribution is -2.22. The van der Waals surface area contributed by atoms with Gasteiger partial charge >= 0.3 is 0 Å². The molecule has 0 saturated heterocycles. The summed E-state index contributed by atoms with van der Waals surface area (Å²) in [4.78, 5) is 32.6. The maximum atomic E-state index is 13.1. The number of carbonyl (C=O) groups excluding carboxylic acids is 2. The van der Waals surface area contributed by atoms with Crippen LogP contribution >= 0.6 is 11.3 Å². The molecule has 2 amide bonds. The van der Waals surface area contributed by atoms with Gasteiger partial charge in [-0.1, -0.05) is 35.6 Å². The number of nitrogens with zero attached hydrogens (tertiary/aromatic N) is 1. The van der Waals surface area contributed by atoms with Gasteiger partial charge in [-0.2, -0.15) is 0 Å². The first-order valence-electron chi connectivity index (χ1n) is 11.4. The largest absolute Gasteiger partial charge is 0.360 e. The topological polar surface area (TPSA) is 86.9 Å². The van der Waals surface area contributed by atoms with E-state index in [-0.39, 0.29) is 23.5 Å². The van der Waals surface area contributed by atoms with Crippen molar-refractivity contribution in [1.82, 2.24) is 15.3 Å². The monoisotopic (exact) mass is 484 g/mol. The minimum absolute atomic E-state index is 0.0485. The third kappa shape index (κ3) is 4.40. The molecule has 2 aromatic heterocycles. The van der Waals surface area contributed by atoms with E-state index in [0.717, 1.165) is 50.7 Å². The van der Waals surface area contributed by atoms with Crippen molar-refractivity contribution in [3.05, 3.63) is 83.8 Å². The van der Waals surface area contributed by atoms with E-state index >= 15 is 0 Å². The number of carbonyl (C=O) groups is 2. The zero-order chi connectivity index (χ0) is 23.9. The molecule has 2 heterocycles. The molecule has 6 nitrogen and oxygen atoms in total. The van der Waals surface area contributed by atoms with Crippen LogP contribution in [0.15, 0.2) is 66.9 Å². The van der Waals surface area contributed by atoms with Gasteiger partial charge in [-0.05, 0) is 65.9 Å². The molecule has 0 radical (unpaired) electrons. The Balaban J connectivity index is 1.25. The van der Waals surface area contributed by atoms with Crippen LogP contribution in [0.4, 0.5) is 9.52 Å². The second kappa shape index (κ2) is 8.63. The standard InChI is InChI=1S/C27H21FN4O2S/c28-19-7-1-15(2-8-19)13-30-26(34)21-14-29-22-9-5-17(11-20(21)22)18-6-10-23-24(12-18)35-27(31-23)32-25(33)16-3-4-16/h1-2,5-12,14,16,29H,3-4,13H2,(H,30,34)(H,31,32,33). The molecule has 35 heavy (non-hydrogen) atoms. The predicted molar refractivity (Wildman–Crippen MR) is 136 cm³/mol. The van der Waals surface area contributed by atoms with Crippen LogP contribution in [0.2, 0.25) is 0 Å². The van der Waals surface area contributed by atoms with Crippen LogP contribution in [0, 0.1) is 11.7 Å². The maximum Gasteiger partial charge on any atom is 0.253 e. The van der Waals surface area contributed by atoms with E-state index in [0.29, 0.717) is 17.2 Å². The van der Waals surface area contributed by atoms with Crippen molar-refractivity contribution >= 4 is 49.4 Å². The van der Waals surface area contributed by atoms with Crippen molar-refractivity contribution in [1.29, 1.82) is 0 Å². The molecule has 3 aromatic carbocycles. The average Bonchev–Trinajstić information content (AvgIpc) is 3.52. The van der Waals surface area contributed by atoms with Crippen LogP contribution in [-0.2, 0) is 11.3 Å². The highest BCUT2D eigenvalue weighted by Crippen LogP contribution is 2.34. The molecule has 3 N–H and O–H groups in total. The van der Waals surface area contributed by atoms with Gasteiger partial charge in [0.15, 0.2) is 5.13 Å². The molecular formula is C27H21FN4O2S. The lowest BCUT2D eigenvalue weighted by atomic mass is 10.0. The number of rotatable bonds is 6. The summed E-state index contributed by atoms with van der Waals surface area (Å²) in [6.07, 6.45) is 3.61. The molecule has 0 spiro atoms. The van der Waals surface area contributed by atoms with Gasteiger partial charge in [0.25, 0.3) is 5.91 Å². The Labute approximate surface area is 204 Å². The Morgan fingerprint density at radius 3 is 2.60 bits per heavy atom. The van der Waals surface area contributed by atoms with Gasteiger partial charge in [0, 0.05) is 29.6 Å². The molecule has 6 rings (SSSR count). The highest BCUT2D eigenvalue weighted by atomic mass is 32.1. The van der Waals surface area contributed by atoms with Crippen LogP contribution in [-0.4, -0.2) is 21.8 Å². The summed E-state index contributed by atoms with van der Waals surface area (Å²) in [5, 5.41) is 7.27. The summed E-state index contributed by atoms with van der Waals surface area (Å²) in [6, 6.07) is 18.0. The number of fused-ring (bicyclic) bond motifs is 2. The number of aromatic amines is 1. The molecule has 1 aliphatic carbocycles. The summed E-state index contributed by atoms with van der Waals surface area (Å²) in [5.74, 6) is -0.327. The number of halogens is 1. The van der Waals surface area contributed by atoms with E-state index in [1.54, 1.807) is 18.3 Å². The van der Waals surface area contributed by atoms with Gasteiger partial charge in [0.1, 0.15) is 5.82 Å². The number of benzene rings is 3. The molecule has 0 atom stereocenters. The van der Waals surface area contributed by atoms with Gasteiger partial charge < -0.3 is 15.6 Å². The SMILES string of the molecule is O=C(NCc1ccc(F)cc1)c1c[nH]c2ccc(-c3ccc4nc(NC(=O)C5CC5)sc4c3)cc12.